The van der Waals surface area contributed by atoms with E-state index in [9.17, 15) is 4.79 Å². The van der Waals surface area contributed by atoms with Gasteiger partial charge >= 0.3 is 0 Å². The molecule has 0 saturated heterocycles. The van der Waals surface area contributed by atoms with Gasteiger partial charge in [0.2, 0.25) is 5.91 Å². The van der Waals surface area contributed by atoms with Gasteiger partial charge in [0, 0.05) is 0 Å². The van der Waals surface area contributed by atoms with Gasteiger partial charge < -0.3 is 11.1 Å². The second-order valence-electron chi connectivity index (χ2n) is 4.21. The molecule has 0 fully saturated rings. The summed E-state index contributed by atoms with van der Waals surface area (Å²) in [7, 11) is 0. The maximum atomic E-state index is 11.8. The monoisotopic (exact) mass is 224 g/mol. The summed E-state index contributed by atoms with van der Waals surface area (Å²) in [6.45, 7) is 7.70. The molecule has 5 nitrogen and oxygen atoms in total. The average Bonchev–Trinajstić information content (AvgIpc) is 2.58. The Morgan fingerprint density at radius 1 is 1.56 bits per heavy atom. The van der Waals surface area contributed by atoms with Crippen molar-refractivity contribution in [1.82, 2.24) is 10.2 Å². The fourth-order valence-electron chi connectivity index (χ4n) is 1.45. The normalized spacial score (nSPS) is 14.6. The van der Waals surface area contributed by atoms with Crippen LogP contribution in [-0.4, -0.2) is 22.1 Å². The molecule has 2 atom stereocenters. The predicted molar refractivity (Wildman–Crippen MR) is 64.1 cm³/mol. The van der Waals surface area contributed by atoms with Crippen molar-refractivity contribution in [2.75, 3.05) is 5.32 Å². The van der Waals surface area contributed by atoms with E-state index in [-0.39, 0.29) is 11.8 Å². The second-order valence-corrected chi connectivity index (χ2v) is 4.21. The largest absolute Gasteiger partial charge is 0.322 e. The van der Waals surface area contributed by atoms with Gasteiger partial charge in [0.25, 0.3) is 0 Å². The lowest BCUT2D eigenvalue weighted by atomic mass is 9.99. The Hall–Kier alpha value is -1.36. The van der Waals surface area contributed by atoms with Crippen LogP contribution in [0.1, 0.15) is 31.7 Å². The molecule has 5 heteroatoms. The minimum atomic E-state index is -0.473. The van der Waals surface area contributed by atoms with E-state index in [2.05, 4.69) is 15.5 Å². The summed E-state index contributed by atoms with van der Waals surface area (Å²) in [6.07, 6.45) is 0.887. The first-order chi connectivity index (χ1) is 7.47. The SMILES string of the molecule is CCC(C)[C@H](N)C(=O)Nc1c(C)n[nH]c1C. The molecule has 1 aromatic rings. The number of aromatic amines is 1. The van der Waals surface area contributed by atoms with E-state index >= 15 is 0 Å². The highest BCUT2D eigenvalue weighted by Crippen LogP contribution is 2.17. The van der Waals surface area contributed by atoms with Crippen LogP contribution in [0.4, 0.5) is 5.69 Å². The second kappa shape index (κ2) is 5.12. The standard InChI is InChI=1S/C11H20N4O/c1-5-6(2)9(12)11(16)13-10-7(3)14-15-8(10)4/h6,9H,5,12H2,1-4H3,(H,13,16)(H,14,15)/t6?,9-/m0/s1. The highest BCUT2D eigenvalue weighted by molar-refractivity contribution is 5.95. The molecule has 0 saturated carbocycles. The van der Waals surface area contributed by atoms with Crippen molar-refractivity contribution in [3.63, 3.8) is 0 Å². The summed E-state index contributed by atoms with van der Waals surface area (Å²) < 4.78 is 0. The molecule has 1 unspecified atom stereocenters. The highest BCUT2D eigenvalue weighted by Gasteiger charge is 2.21. The number of rotatable bonds is 4. The van der Waals surface area contributed by atoms with Gasteiger partial charge in [0.05, 0.1) is 23.1 Å². The zero-order valence-corrected chi connectivity index (χ0v) is 10.3. The van der Waals surface area contributed by atoms with Crippen molar-refractivity contribution in [1.29, 1.82) is 0 Å². The first-order valence-electron chi connectivity index (χ1n) is 5.55. The molecule has 1 heterocycles. The van der Waals surface area contributed by atoms with Crippen molar-refractivity contribution < 1.29 is 4.79 Å². The fraction of sp³-hybridized carbons (Fsp3) is 0.636. The molecular weight excluding hydrogens is 204 g/mol. The van der Waals surface area contributed by atoms with E-state index in [0.29, 0.717) is 0 Å². The third kappa shape index (κ3) is 2.61. The molecule has 1 amide bonds. The smallest absolute Gasteiger partial charge is 0.241 e. The van der Waals surface area contributed by atoms with E-state index in [1.165, 1.54) is 0 Å². The molecule has 0 aliphatic heterocycles. The van der Waals surface area contributed by atoms with Gasteiger partial charge in [0.15, 0.2) is 0 Å². The Morgan fingerprint density at radius 3 is 2.62 bits per heavy atom. The minimum Gasteiger partial charge on any atom is -0.322 e. The summed E-state index contributed by atoms with van der Waals surface area (Å²) in [6, 6.07) is -0.473. The number of carbonyl (C=O) groups is 1. The lowest BCUT2D eigenvalue weighted by molar-refractivity contribution is -0.118. The Kier molecular flexibility index (Phi) is 4.06. The van der Waals surface area contributed by atoms with Gasteiger partial charge in [-0.25, -0.2) is 0 Å². The molecule has 0 aromatic carbocycles. The maximum Gasteiger partial charge on any atom is 0.241 e. The molecule has 0 aliphatic rings. The first kappa shape index (κ1) is 12.7. The molecular formula is C11H20N4O. The van der Waals surface area contributed by atoms with Crippen molar-refractivity contribution in [2.45, 2.75) is 40.2 Å². The number of nitrogens with two attached hydrogens (primary N) is 1. The van der Waals surface area contributed by atoms with E-state index in [1.807, 2.05) is 27.7 Å². The summed E-state index contributed by atoms with van der Waals surface area (Å²) in [4.78, 5) is 11.8. The number of nitrogens with zero attached hydrogens (tertiary/aromatic N) is 1. The summed E-state index contributed by atoms with van der Waals surface area (Å²) in [5, 5.41) is 9.65. The zero-order chi connectivity index (χ0) is 12.3. The number of aryl methyl sites for hydroxylation is 2. The van der Waals surface area contributed by atoms with Crippen LogP contribution in [-0.2, 0) is 4.79 Å². The lowest BCUT2D eigenvalue weighted by Crippen LogP contribution is -2.40. The number of aromatic nitrogens is 2. The Balaban J connectivity index is 2.71. The van der Waals surface area contributed by atoms with Crippen LogP contribution >= 0.6 is 0 Å². The van der Waals surface area contributed by atoms with Crippen molar-refractivity contribution in [3.8, 4) is 0 Å². The third-order valence-electron chi connectivity index (χ3n) is 2.94. The van der Waals surface area contributed by atoms with Gasteiger partial charge in [-0.05, 0) is 19.8 Å². The van der Waals surface area contributed by atoms with E-state index in [4.69, 9.17) is 5.73 Å². The van der Waals surface area contributed by atoms with Gasteiger partial charge in [-0.1, -0.05) is 20.3 Å². The van der Waals surface area contributed by atoms with Crippen LogP contribution in [0.15, 0.2) is 0 Å². The Labute approximate surface area is 95.8 Å². The Bertz CT molecular complexity index is 353. The number of carbonyl (C=O) groups excluding carboxylic acids is 1. The van der Waals surface area contributed by atoms with Crippen molar-refractivity contribution in [2.24, 2.45) is 11.7 Å². The van der Waals surface area contributed by atoms with Crippen LogP contribution in [0, 0.1) is 19.8 Å². The van der Waals surface area contributed by atoms with Crippen molar-refractivity contribution in [3.05, 3.63) is 11.4 Å². The molecule has 0 bridgehead atoms. The topological polar surface area (TPSA) is 83.8 Å². The van der Waals surface area contributed by atoms with E-state index < -0.39 is 6.04 Å². The molecule has 16 heavy (non-hydrogen) atoms. The molecule has 0 radical (unpaired) electrons. The molecule has 4 N–H and O–H groups in total. The molecule has 0 spiro atoms. The van der Waals surface area contributed by atoms with Crippen molar-refractivity contribution >= 4 is 11.6 Å². The average molecular weight is 224 g/mol. The fourth-order valence-corrected chi connectivity index (χ4v) is 1.45. The van der Waals surface area contributed by atoms with Gasteiger partial charge in [0.1, 0.15) is 0 Å². The maximum absolute atomic E-state index is 11.8. The molecule has 1 aromatic heterocycles. The molecule has 1 rings (SSSR count). The quantitative estimate of drug-likeness (QED) is 0.721. The van der Waals surface area contributed by atoms with E-state index in [1.54, 1.807) is 0 Å². The highest BCUT2D eigenvalue weighted by atomic mass is 16.2. The summed E-state index contributed by atoms with van der Waals surface area (Å²) in [5.41, 5.74) is 8.21. The number of H-pyrrole nitrogens is 1. The number of nitrogens with one attached hydrogen (secondary N) is 2. The summed E-state index contributed by atoms with van der Waals surface area (Å²) >= 11 is 0. The third-order valence-corrected chi connectivity index (χ3v) is 2.94. The molecule has 90 valence electrons. The van der Waals surface area contributed by atoms with Crippen LogP contribution < -0.4 is 11.1 Å². The number of hydrogen-bond donors (Lipinski definition) is 3. The van der Waals surface area contributed by atoms with Crippen LogP contribution in [0.3, 0.4) is 0 Å². The van der Waals surface area contributed by atoms with E-state index in [0.717, 1.165) is 23.5 Å². The summed E-state index contributed by atoms with van der Waals surface area (Å²) in [5.74, 6) is 0.0227. The first-order valence-corrected chi connectivity index (χ1v) is 5.55. The minimum absolute atomic E-state index is 0.151. The zero-order valence-electron chi connectivity index (χ0n) is 10.3. The Morgan fingerprint density at radius 2 is 2.19 bits per heavy atom. The number of amides is 1. The van der Waals surface area contributed by atoms with Gasteiger partial charge in [-0.2, -0.15) is 5.10 Å². The van der Waals surface area contributed by atoms with Gasteiger partial charge in [-0.15, -0.1) is 0 Å². The van der Waals surface area contributed by atoms with Crippen LogP contribution in [0.5, 0.6) is 0 Å². The number of anilines is 1. The number of hydrogen-bond acceptors (Lipinski definition) is 3. The van der Waals surface area contributed by atoms with Crippen LogP contribution in [0.25, 0.3) is 0 Å². The van der Waals surface area contributed by atoms with Gasteiger partial charge in [-0.3, -0.25) is 9.89 Å². The molecule has 0 aliphatic carbocycles. The lowest BCUT2D eigenvalue weighted by Gasteiger charge is -2.17. The van der Waals surface area contributed by atoms with Crippen LogP contribution in [0.2, 0.25) is 0 Å². The predicted octanol–water partition coefficient (Wildman–Crippen LogP) is 1.34.